The van der Waals surface area contributed by atoms with Crippen LogP contribution in [0.1, 0.15) is 73.9 Å². The normalized spacial score (nSPS) is 13.1. The molecule has 0 heterocycles. The van der Waals surface area contributed by atoms with Crippen LogP contribution in [0.4, 0.5) is 4.79 Å². The number of amides is 5. The fourth-order valence-corrected chi connectivity index (χ4v) is 6.11. The van der Waals surface area contributed by atoms with Gasteiger partial charge in [0, 0.05) is 6.04 Å². The van der Waals surface area contributed by atoms with Crippen LogP contribution in [0, 0.1) is 0 Å². The van der Waals surface area contributed by atoms with Crippen LogP contribution in [0.2, 0.25) is 0 Å². The second kappa shape index (κ2) is 30.5. The molecule has 66 heavy (non-hydrogen) atoms. The summed E-state index contributed by atoms with van der Waals surface area (Å²) in [5, 5.41) is 32.2. The highest BCUT2D eigenvalue weighted by Crippen LogP contribution is 2.17. The van der Waals surface area contributed by atoms with Gasteiger partial charge in [0.15, 0.2) is 24.0 Å². The van der Waals surface area contributed by atoms with E-state index in [1.165, 1.54) is 0 Å². The quantitative estimate of drug-likeness (QED) is 0.0395. The number of ether oxygens (including phenoxy) is 2. The molecule has 4 rings (SSSR count). The number of hydrogen-bond acceptors (Lipinski definition) is 12. The smallest absolute Gasteiger partial charge is 0.333 e. The maximum Gasteiger partial charge on any atom is 0.333 e. The van der Waals surface area contributed by atoms with Crippen molar-refractivity contribution in [1.82, 2.24) is 26.6 Å². The Morgan fingerprint density at radius 3 is 1.29 bits per heavy atom. The zero-order valence-electron chi connectivity index (χ0n) is 36.8. The van der Waals surface area contributed by atoms with Crippen molar-refractivity contribution >= 4 is 61.6 Å². The number of halogens is 1. The summed E-state index contributed by atoms with van der Waals surface area (Å²) in [7, 11) is 5.08. The van der Waals surface area contributed by atoms with E-state index in [9.17, 15) is 43.8 Å². The van der Waals surface area contributed by atoms with Crippen molar-refractivity contribution in [3.05, 3.63) is 144 Å². The Hall–Kier alpha value is -6.60. The van der Waals surface area contributed by atoms with Gasteiger partial charge in [-0.15, -0.1) is 12.4 Å². The molecule has 17 nitrogen and oxygen atoms in total. The zero-order valence-corrected chi connectivity index (χ0v) is 37.6. The topological polar surface area (TPSA) is 265 Å². The van der Waals surface area contributed by atoms with Crippen molar-refractivity contribution in [2.24, 2.45) is 5.73 Å². The number of rotatable bonds is 23. The molecule has 4 aromatic carbocycles. The van der Waals surface area contributed by atoms with E-state index >= 15 is 0 Å². The summed E-state index contributed by atoms with van der Waals surface area (Å²) in [5.41, 5.74) is 8.41. The summed E-state index contributed by atoms with van der Waals surface area (Å²) >= 11 is 0. The first-order valence-corrected chi connectivity index (χ1v) is 21.1. The predicted octanol–water partition coefficient (Wildman–Crippen LogP) is 2.72. The Kier molecular flexibility index (Phi) is 25.7. The maximum absolute atomic E-state index is 12.7. The third kappa shape index (κ3) is 20.1. The van der Waals surface area contributed by atoms with Gasteiger partial charge in [0.1, 0.15) is 19.3 Å². The third-order valence-corrected chi connectivity index (χ3v) is 9.52. The fourth-order valence-electron chi connectivity index (χ4n) is 6.11. The van der Waals surface area contributed by atoms with E-state index in [-0.39, 0.29) is 25.6 Å². The van der Waals surface area contributed by atoms with Gasteiger partial charge in [-0.3, -0.25) is 24.0 Å². The molecule has 0 bridgehead atoms. The molecule has 0 aliphatic carbocycles. The standard InChI is InChI=1S/C24H28BN3O6.C23H29N3O5.ClH/c1-2-9-18(27-24(25)33)21(30)22(31)26-14-19(29)28-20(17-12-7-4-8-13-17)23(32)34-15-16-10-5-3-6-11-16;1-2-9-18(24)21(28)22(29)25-14-19(27)26-20(17-12-7-4-8-13-17)23(30)31-15-16-10-5-3-6-11-16;/h3-8,10-13,18,20-21,30H,2,9,14-15H2,1H3,(H,26,31)(H,27,33)(H,28,29);3-8,10-13,18,20-21,28H,2,9,14-15,24H2,1H3,(H,25,29)(H,26,27);1H/t2*18?,20-,21?;/m00./s1. The third-order valence-electron chi connectivity index (χ3n) is 9.52. The molecule has 0 aliphatic rings. The van der Waals surface area contributed by atoms with E-state index < -0.39 is 90.8 Å². The summed E-state index contributed by atoms with van der Waals surface area (Å²) in [6.45, 7) is 2.89. The average Bonchev–Trinajstić information content (AvgIpc) is 3.32. The molecule has 0 saturated heterocycles. The lowest BCUT2D eigenvalue weighted by molar-refractivity contribution is -0.149. The molecule has 5 amide bonds. The van der Waals surface area contributed by atoms with Crippen LogP contribution in [0.3, 0.4) is 0 Å². The molecule has 6 atom stereocenters. The number of esters is 2. The molecule has 0 aliphatic heterocycles. The summed E-state index contributed by atoms with van der Waals surface area (Å²) in [4.78, 5) is 85.7. The van der Waals surface area contributed by atoms with Crippen molar-refractivity contribution in [2.75, 3.05) is 13.1 Å². The molecule has 0 fully saturated rings. The van der Waals surface area contributed by atoms with E-state index in [1.54, 1.807) is 60.7 Å². The zero-order chi connectivity index (χ0) is 47.6. The molecule has 4 unspecified atom stereocenters. The van der Waals surface area contributed by atoms with Gasteiger partial charge in [0.2, 0.25) is 19.7 Å². The number of carbonyl (C=O) groups is 7. The molecule has 352 valence electrons. The molecule has 0 spiro atoms. The number of benzene rings is 4. The monoisotopic (exact) mass is 928 g/mol. The van der Waals surface area contributed by atoms with E-state index in [4.69, 9.17) is 23.1 Å². The van der Waals surface area contributed by atoms with Crippen LogP contribution in [-0.4, -0.2) is 96.8 Å². The van der Waals surface area contributed by atoms with E-state index in [1.807, 2.05) is 74.5 Å². The summed E-state index contributed by atoms with van der Waals surface area (Å²) in [6.07, 6.45) is -0.915. The molecular weight excluding hydrogens is 871 g/mol. The van der Waals surface area contributed by atoms with Crippen molar-refractivity contribution in [2.45, 2.75) is 89.1 Å². The first kappa shape index (κ1) is 55.5. The Balaban J connectivity index is 0.000000448. The minimum atomic E-state index is -1.60. The summed E-state index contributed by atoms with van der Waals surface area (Å²) in [6, 6.07) is 31.8. The highest BCUT2D eigenvalue weighted by atomic mass is 35.5. The number of nitrogens with one attached hydrogen (secondary N) is 5. The van der Waals surface area contributed by atoms with Crippen LogP contribution < -0.4 is 32.3 Å². The molecule has 19 heteroatoms. The van der Waals surface area contributed by atoms with Crippen LogP contribution in [0.5, 0.6) is 0 Å². The molecule has 0 aromatic heterocycles. The van der Waals surface area contributed by atoms with E-state index in [2.05, 4.69) is 26.6 Å². The Morgan fingerprint density at radius 1 is 0.561 bits per heavy atom. The van der Waals surface area contributed by atoms with Crippen molar-refractivity contribution in [3.8, 4) is 0 Å². The van der Waals surface area contributed by atoms with Crippen LogP contribution >= 0.6 is 12.4 Å². The maximum atomic E-state index is 12.7. The van der Waals surface area contributed by atoms with Gasteiger partial charge >= 0.3 is 11.9 Å². The number of hydrogen-bond donors (Lipinski definition) is 8. The van der Waals surface area contributed by atoms with E-state index in [0.29, 0.717) is 30.4 Å². The first-order chi connectivity index (χ1) is 31.2. The summed E-state index contributed by atoms with van der Waals surface area (Å²) < 4.78 is 10.7. The Bertz CT molecular complexity index is 2110. The van der Waals surface area contributed by atoms with E-state index in [0.717, 1.165) is 17.5 Å². The number of carbonyl (C=O) groups excluding carboxylic acids is 7. The van der Waals surface area contributed by atoms with Gasteiger partial charge in [0.25, 0.3) is 11.8 Å². The van der Waals surface area contributed by atoms with Crippen LogP contribution in [-0.2, 0) is 51.5 Å². The largest absolute Gasteiger partial charge is 0.459 e. The SMILES string of the molecule is CCCC(N)C(O)C(=O)NCC(=O)N[C@H](C(=O)OCc1ccccc1)c1ccccc1.Cl.[B]C(=O)NC(CCC)C(O)C(=O)NCC(=O)N[C@H](C(=O)OCc1ccccc1)c1ccccc1. The average molecular weight is 929 g/mol. The van der Waals surface area contributed by atoms with Gasteiger partial charge in [-0.1, -0.05) is 148 Å². The number of aliphatic hydroxyl groups excluding tert-OH is 2. The molecular formula is C47H58BClN6O11. The Morgan fingerprint density at radius 2 is 0.924 bits per heavy atom. The van der Waals surface area contributed by atoms with Crippen molar-refractivity contribution < 1.29 is 53.2 Å². The highest BCUT2D eigenvalue weighted by molar-refractivity contribution is 6.57. The number of nitrogens with two attached hydrogens (primary N) is 1. The Labute approximate surface area is 391 Å². The molecule has 2 radical (unpaired) electrons. The van der Waals surface area contributed by atoms with Crippen LogP contribution in [0.25, 0.3) is 0 Å². The van der Waals surface area contributed by atoms with Crippen molar-refractivity contribution in [1.29, 1.82) is 0 Å². The molecule has 9 N–H and O–H groups in total. The lowest BCUT2D eigenvalue weighted by atomic mass is 10.0. The van der Waals surface area contributed by atoms with Gasteiger partial charge in [-0.25, -0.2) is 9.59 Å². The molecule has 4 aromatic rings. The summed E-state index contributed by atoms with van der Waals surface area (Å²) in [5.74, 6) is -5.02. The fraction of sp³-hybridized carbons (Fsp3) is 0.340. The predicted molar refractivity (Wildman–Crippen MR) is 248 cm³/mol. The van der Waals surface area contributed by atoms with Crippen LogP contribution in [0.15, 0.2) is 121 Å². The lowest BCUT2D eigenvalue weighted by Gasteiger charge is -2.23. The number of aliphatic hydroxyl groups is 2. The minimum absolute atomic E-state index is 0. The van der Waals surface area contributed by atoms with Gasteiger partial charge in [0.05, 0.1) is 19.1 Å². The second-order valence-corrected chi connectivity index (χ2v) is 14.7. The second-order valence-electron chi connectivity index (χ2n) is 14.7. The van der Waals surface area contributed by atoms with Gasteiger partial charge < -0.3 is 52.0 Å². The first-order valence-electron chi connectivity index (χ1n) is 21.1. The minimum Gasteiger partial charge on any atom is -0.459 e. The highest BCUT2D eigenvalue weighted by Gasteiger charge is 2.29. The van der Waals surface area contributed by atoms with Gasteiger partial charge in [-0.05, 0) is 35.1 Å². The lowest BCUT2D eigenvalue weighted by Crippen LogP contribution is -2.52. The van der Waals surface area contributed by atoms with Crippen molar-refractivity contribution in [3.63, 3.8) is 0 Å². The molecule has 0 saturated carbocycles. The van der Waals surface area contributed by atoms with Gasteiger partial charge in [-0.2, -0.15) is 0 Å².